The molecule has 0 aliphatic rings. The third kappa shape index (κ3) is 3.32. The molecule has 21 heavy (non-hydrogen) atoms. The van der Waals surface area contributed by atoms with E-state index < -0.39 is 11.7 Å². The van der Waals surface area contributed by atoms with Crippen LogP contribution in [0, 0.1) is 13.8 Å². The molecule has 0 atom stereocenters. The van der Waals surface area contributed by atoms with Gasteiger partial charge in [-0.15, -0.1) is 0 Å². The van der Waals surface area contributed by atoms with Crippen LogP contribution in [0.2, 0.25) is 0 Å². The van der Waals surface area contributed by atoms with Gasteiger partial charge in [0.15, 0.2) is 5.82 Å². The molecule has 6 heteroatoms. The Bertz CT molecular complexity index is 651. The molecule has 0 saturated heterocycles. The zero-order valence-corrected chi connectivity index (χ0v) is 12.0. The fourth-order valence-electron chi connectivity index (χ4n) is 1.93. The zero-order valence-electron chi connectivity index (χ0n) is 12.0. The smallest absolute Gasteiger partial charge is 0.370 e. The van der Waals surface area contributed by atoms with Gasteiger partial charge in [-0.3, -0.25) is 0 Å². The van der Waals surface area contributed by atoms with Crippen molar-refractivity contribution in [3.05, 3.63) is 41.1 Å². The van der Waals surface area contributed by atoms with Gasteiger partial charge in [0.2, 0.25) is 0 Å². The number of aryl methyl sites for hydroxylation is 1. The van der Waals surface area contributed by atoms with Gasteiger partial charge in [-0.05, 0) is 32.9 Å². The second-order valence-corrected chi connectivity index (χ2v) is 4.72. The number of nitrogens with zero attached hydrogens (tertiary/aromatic N) is 2. The Morgan fingerprint density at radius 2 is 1.86 bits per heavy atom. The quantitative estimate of drug-likeness (QED) is 0.921. The van der Waals surface area contributed by atoms with Crippen LogP contribution in [0.15, 0.2) is 24.3 Å². The Balaban J connectivity index is 2.52. The van der Waals surface area contributed by atoms with Gasteiger partial charge in [-0.25, -0.2) is 9.97 Å². The summed E-state index contributed by atoms with van der Waals surface area (Å²) in [6.07, 6.45) is -4.37. The first-order valence-corrected chi connectivity index (χ1v) is 6.59. The lowest BCUT2D eigenvalue weighted by Gasteiger charge is -2.12. The monoisotopic (exact) mass is 295 g/mol. The number of nitrogens with one attached hydrogen (secondary N) is 1. The molecule has 0 spiro atoms. The minimum Gasteiger partial charge on any atom is -0.370 e. The third-order valence-electron chi connectivity index (χ3n) is 3.18. The van der Waals surface area contributed by atoms with Crippen molar-refractivity contribution < 1.29 is 13.2 Å². The van der Waals surface area contributed by atoms with E-state index in [1.165, 1.54) is 6.07 Å². The molecule has 1 heterocycles. The molecule has 0 bridgehead atoms. The lowest BCUT2D eigenvalue weighted by atomic mass is 10.1. The topological polar surface area (TPSA) is 37.8 Å². The van der Waals surface area contributed by atoms with E-state index in [9.17, 15) is 13.2 Å². The molecule has 1 aromatic heterocycles. The molecule has 0 aliphatic heterocycles. The summed E-state index contributed by atoms with van der Waals surface area (Å²) < 4.78 is 38.3. The highest BCUT2D eigenvalue weighted by Gasteiger charge is 2.30. The molecule has 0 fully saturated rings. The zero-order chi connectivity index (χ0) is 15.6. The van der Waals surface area contributed by atoms with Gasteiger partial charge in [-0.2, -0.15) is 13.2 Å². The maximum absolute atomic E-state index is 12.8. The van der Waals surface area contributed by atoms with Crippen LogP contribution in [-0.2, 0) is 6.18 Å². The van der Waals surface area contributed by atoms with Crippen molar-refractivity contribution in [3.8, 4) is 11.4 Å². The number of hydrogen-bond donors (Lipinski definition) is 1. The summed E-state index contributed by atoms with van der Waals surface area (Å²) in [5.74, 6) is 0.942. The highest BCUT2D eigenvalue weighted by molar-refractivity contribution is 5.60. The fraction of sp³-hybridized carbons (Fsp3) is 0.333. The van der Waals surface area contributed by atoms with Crippen LogP contribution in [0.3, 0.4) is 0 Å². The van der Waals surface area contributed by atoms with E-state index in [0.717, 1.165) is 23.4 Å². The van der Waals surface area contributed by atoms with Crippen LogP contribution in [0.1, 0.15) is 23.7 Å². The van der Waals surface area contributed by atoms with Crippen molar-refractivity contribution in [3.63, 3.8) is 0 Å². The van der Waals surface area contributed by atoms with Crippen molar-refractivity contribution in [2.24, 2.45) is 0 Å². The first kappa shape index (κ1) is 15.3. The normalized spacial score (nSPS) is 11.5. The second kappa shape index (κ2) is 5.71. The van der Waals surface area contributed by atoms with E-state index in [1.54, 1.807) is 6.07 Å². The molecule has 0 unspecified atom stereocenters. The van der Waals surface area contributed by atoms with Crippen molar-refractivity contribution >= 4 is 5.82 Å². The van der Waals surface area contributed by atoms with Crippen molar-refractivity contribution in [2.45, 2.75) is 26.9 Å². The maximum atomic E-state index is 12.8. The Labute approximate surface area is 121 Å². The van der Waals surface area contributed by atoms with Crippen molar-refractivity contribution in [1.82, 2.24) is 9.97 Å². The molecule has 2 aromatic rings. The molecule has 112 valence electrons. The molecule has 1 aromatic carbocycles. The third-order valence-corrected chi connectivity index (χ3v) is 3.18. The van der Waals surface area contributed by atoms with Crippen LogP contribution < -0.4 is 5.32 Å². The Hall–Kier alpha value is -2.11. The number of aromatic nitrogens is 2. The molecule has 0 radical (unpaired) electrons. The highest BCUT2D eigenvalue weighted by atomic mass is 19.4. The Morgan fingerprint density at radius 1 is 1.14 bits per heavy atom. The van der Waals surface area contributed by atoms with E-state index >= 15 is 0 Å². The first-order chi connectivity index (χ1) is 9.82. The molecular weight excluding hydrogens is 279 g/mol. The predicted octanol–water partition coefficient (Wildman–Crippen LogP) is 4.21. The van der Waals surface area contributed by atoms with Gasteiger partial charge in [0.1, 0.15) is 5.82 Å². The number of benzene rings is 1. The van der Waals surface area contributed by atoms with E-state index in [-0.39, 0.29) is 0 Å². The molecule has 0 aliphatic carbocycles. The second-order valence-electron chi connectivity index (χ2n) is 4.72. The van der Waals surface area contributed by atoms with Crippen LogP contribution >= 0.6 is 0 Å². The summed E-state index contributed by atoms with van der Waals surface area (Å²) in [6.45, 7) is 6.30. The minimum atomic E-state index is -4.37. The summed E-state index contributed by atoms with van der Waals surface area (Å²) in [5.41, 5.74) is 1.29. The van der Waals surface area contributed by atoms with Crippen molar-refractivity contribution in [2.75, 3.05) is 11.9 Å². The lowest BCUT2D eigenvalue weighted by Crippen LogP contribution is -2.07. The molecule has 0 saturated carbocycles. The fourth-order valence-corrected chi connectivity index (χ4v) is 1.93. The number of hydrogen-bond acceptors (Lipinski definition) is 3. The van der Waals surface area contributed by atoms with Gasteiger partial charge in [0.05, 0.1) is 5.56 Å². The van der Waals surface area contributed by atoms with Gasteiger partial charge in [0.25, 0.3) is 0 Å². The van der Waals surface area contributed by atoms with Crippen LogP contribution in [0.25, 0.3) is 11.4 Å². The largest absolute Gasteiger partial charge is 0.416 e. The highest BCUT2D eigenvalue weighted by Crippen LogP contribution is 2.31. The lowest BCUT2D eigenvalue weighted by molar-refractivity contribution is -0.137. The number of alkyl halides is 3. The summed E-state index contributed by atoms with van der Waals surface area (Å²) in [7, 11) is 0. The van der Waals surface area contributed by atoms with E-state index in [2.05, 4.69) is 15.3 Å². The summed E-state index contributed by atoms with van der Waals surface area (Å²) in [5, 5.41) is 3.10. The molecule has 2 rings (SSSR count). The van der Waals surface area contributed by atoms with E-state index in [4.69, 9.17) is 0 Å². The first-order valence-electron chi connectivity index (χ1n) is 6.59. The molecule has 0 amide bonds. The van der Waals surface area contributed by atoms with E-state index in [0.29, 0.717) is 23.8 Å². The number of rotatable bonds is 3. The average Bonchev–Trinajstić information content (AvgIpc) is 2.43. The maximum Gasteiger partial charge on any atom is 0.416 e. The Kier molecular flexibility index (Phi) is 4.16. The predicted molar refractivity (Wildman–Crippen MR) is 76.1 cm³/mol. The Morgan fingerprint density at radius 3 is 2.48 bits per heavy atom. The van der Waals surface area contributed by atoms with Gasteiger partial charge < -0.3 is 5.32 Å². The van der Waals surface area contributed by atoms with Crippen LogP contribution in [-0.4, -0.2) is 16.5 Å². The number of anilines is 1. The summed E-state index contributed by atoms with van der Waals surface area (Å²) in [4.78, 5) is 8.62. The van der Waals surface area contributed by atoms with Gasteiger partial charge >= 0.3 is 6.18 Å². The SMILES string of the molecule is CCNc1nc(-c2cccc(C(F)(F)F)c2)nc(C)c1C. The standard InChI is InChI=1S/C15H16F3N3/c1-4-19-13-9(2)10(3)20-14(21-13)11-6-5-7-12(8-11)15(16,17)18/h5-8H,4H2,1-3H3,(H,19,20,21). The average molecular weight is 295 g/mol. The molecule has 1 N–H and O–H groups in total. The summed E-state index contributed by atoms with van der Waals surface area (Å²) >= 11 is 0. The van der Waals surface area contributed by atoms with Crippen LogP contribution in [0.4, 0.5) is 19.0 Å². The number of halogens is 3. The van der Waals surface area contributed by atoms with Crippen molar-refractivity contribution in [1.29, 1.82) is 0 Å². The van der Waals surface area contributed by atoms with Gasteiger partial charge in [-0.1, -0.05) is 12.1 Å². The molecular formula is C15H16F3N3. The van der Waals surface area contributed by atoms with Gasteiger partial charge in [0, 0.05) is 23.4 Å². The van der Waals surface area contributed by atoms with E-state index in [1.807, 2.05) is 20.8 Å². The molecule has 3 nitrogen and oxygen atoms in total. The summed E-state index contributed by atoms with van der Waals surface area (Å²) in [6, 6.07) is 5.05. The minimum absolute atomic E-state index is 0.292. The van der Waals surface area contributed by atoms with Crippen LogP contribution in [0.5, 0.6) is 0 Å².